The molecule has 5 nitrogen and oxygen atoms in total. The van der Waals surface area contributed by atoms with Gasteiger partial charge >= 0.3 is 0 Å². The molecule has 1 aromatic heterocycles. The molecule has 17 heavy (non-hydrogen) atoms. The number of sulfone groups is 1. The third kappa shape index (κ3) is 1.52. The smallest absolute Gasteiger partial charge is 0.197 e. The molecule has 0 radical (unpaired) electrons. The Kier molecular flexibility index (Phi) is 1.89. The molecule has 0 atom stereocenters. The number of hydrogen-bond donors (Lipinski definition) is 2. The average Bonchev–Trinajstić information content (AvgIpc) is 2.54. The second-order valence-electron chi connectivity index (χ2n) is 4.18. The average molecular weight is 249 g/mol. The Hall–Kier alpha value is -1.82. The number of pyridine rings is 1. The van der Waals surface area contributed by atoms with Gasteiger partial charge in [0.25, 0.3) is 0 Å². The fraction of sp³-hybridized carbons (Fsp3) is 0.182. The molecule has 0 aliphatic carbocycles. The molecule has 3 rings (SSSR count). The molecule has 0 unspecified atom stereocenters. The van der Waals surface area contributed by atoms with Gasteiger partial charge in [0.1, 0.15) is 0 Å². The van der Waals surface area contributed by atoms with Crippen LogP contribution in [0.1, 0.15) is 11.3 Å². The molecule has 2 N–H and O–H groups in total. The van der Waals surface area contributed by atoms with Crippen LogP contribution in [0.4, 0.5) is 11.4 Å². The van der Waals surface area contributed by atoms with Gasteiger partial charge in [0.05, 0.1) is 39.3 Å². The number of fused-ring (bicyclic) bond motifs is 2. The molecule has 0 amide bonds. The van der Waals surface area contributed by atoms with Crippen molar-refractivity contribution in [2.24, 2.45) is 0 Å². The summed E-state index contributed by atoms with van der Waals surface area (Å²) in [6, 6.07) is 0. The van der Waals surface area contributed by atoms with E-state index in [0.29, 0.717) is 11.4 Å². The van der Waals surface area contributed by atoms with Gasteiger partial charge in [-0.25, -0.2) is 8.42 Å². The lowest BCUT2D eigenvalue weighted by atomic mass is 10.1. The second kappa shape index (κ2) is 3.10. The van der Waals surface area contributed by atoms with E-state index in [1.54, 1.807) is 6.20 Å². The molecule has 88 valence electrons. The summed E-state index contributed by atoms with van der Waals surface area (Å²) in [6.07, 6.45) is 1.77. The van der Waals surface area contributed by atoms with E-state index in [2.05, 4.69) is 15.6 Å². The first kappa shape index (κ1) is 10.3. The van der Waals surface area contributed by atoms with Crippen molar-refractivity contribution in [3.05, 3.63) is 39.7 Å². The van der Waals surface area contributed by atoms with Crippen molar-refractivity contribution in [3.63, 3.8) is 0 Å². The highest BCUT2D eigenvalue weighted by atomic mass is 32.2. The highest BCUT2D eigenvalue weighted by Gasteiger charge is 2.27. The van der Waals surface area contributed by atoms with Crippen molar-refractivity contribution < 1.29 is 8.42 Å². The molecule has 2 aliphatic rings. The summed E-state index contributed by atoms with van der Waals surface area (Å²) < 4.78 is 22.9. The van der Waals surface area contributed by atoms with Crippen LogP contribution in [-0.2, 0) is 9.84 Å². The summed E-state index contributed by atoms with van der Waals surface area (Å²) >= 11 is 0. The Morgan fingerprint density at radius 2 is 1.65 bits per heavy atom. The van der Waals surface area contributed by atoms with Gasteiger partial charge in [0.2, 0.25) is 0 Å². The maximum absolute atomic E-state index is 11.5. The first-order valence-electron chi connectivity index (χ1n) is 5.15. The zero-order chi connectivity index (χ0) is 12.2. The standard InChI is InChI=1S/C11H11N3O2S/c1-6-3-12-7(2)11-10(6)13-8-4-17(15,16)5-9(8)14-11/h3-5,13-14H,1-2H3. The Morgan fingerprint density at radius 3 is 2.29 bits per heavy atom. The predicted molar refractivity (Wildman–Crippen MR) is 66.0 cm³/mol. The summed E-state index contributed by atoms with van der Waals surface area (Å²) in [6.45, 7) is 3.81. The maximum Gasteiger partial charge on any atom is 0.197 e. The van der Waals surface area contributed by atoms with Crippen LogP contribution < -0.4 is 10.6 Å². The van der Waals surface area contributed by atoms with E-state index >= 15 is 0 Å². The lowest BCUT2D eigenvalue weighted by Gasteiger charge is -2.25. The monoisotopic (exact) mass is 249 g/mol. The highest BCUT2D eigenvalue weighted by molar-refractivity contribution is 7.97. The molecule has 0 saturated heterocycles. The molecule has 6 heteroatoms. The van der Waals surface area contributed by atoms with Gasteiger partial charge < -0.3 is 10.6 Å². The van der Waals surface area contributed by atoms with Crippen LogP contribution in [0.2, 0.25) is 0 Å². The van der Waals surface area contributed by atoms with Crippen LogP contribution in [0.15, 0.2) is 28.4 Å². The van der Waals surface area contributed by atoms with Crippen LogP contribution >= 0.6 is 0 Å². The Balaban J connectivity index is 2.21. The van der Waals surface area contributed by atoms with Gasteiger partial charge in [-0.05, 0) is 19.4 Å². The molecule has 2 aliphatic heterocycles. The minimum atomic E-state index is -3.24. The van der Waals surface area contributed by atoms with Crippen LogP contribution in [-0.4, -0.2) is 13.4 Å². The number of nitrogens with one attached hydrogen (secondary N) is 2. The van der Waals surface area contributed by atoms with Crippen molar-refractivity contribution in [1.29, 1.82) is 0 Å². The topological polar surface area (TPSA) is 71.1 Å². The number of nitrogens with zero attached hydrogens (tertiary/aromatic N) is 1. The van der Waals surface area contributed by atoms with E-state index in [1.165, 1.54) is 10.8 Å². The minimum Gasteiger partial charge on any atom is -0.351 e. The number of rotatable bonds is 0. The van der Waals surface area contributed by atoms with E-state index in [9.17, 15) is 8.42 Å². The van der Waals surface area contributed by atoms with Crippen LogP contribution in [0.3, 0.4) is 0 Å². The molecule has 1 aromatic rings. The van der Waals surface area contributed by atoms with Crippen molar-refractivity contribution in [2.45, 2.75) is 13.8 Å². The van der Waals surface area contributed by atoms with Crippen LogP contribution in [0.5, 0.6) is 0 Å². The zero-order valence-corrected chi connectivity index (χ0v) is 10.2. The Bertz CT molecular complexity index is 634. The largest absolute Gasteiger partial charge is 0.351 e. The van der Waals surface area contributed by atoms with Gasteiger partial charge in [-0.15, -0.1) is 0 Å². The van der Waals surface area contributed by atoms with Gasteiger partial charge in [-0.2, -0.15) is 0 Å². The second-order valence-corrected chi connectivity index (χ2v) is 5.83. The van der Waals surface area contributed by atoms with Gasteiger partial charge in [0, 0.05) is 6.20 Å². The number of anilines is 2. The van der Waals surface area contributed by atoms with Crippen molar-refractivity contribution in [1.82, 2.24) is 4.98 Å². The molecule has 0 saturated carbocycles. The first-order valence-corrected chi connectivity index (χ1v) is 6.76. The third-order valence-corrected chi connectivity index (χ3v) is 3.96. The quantitative estimate of drug-likeness (QED) is 0.731. The first-order chi connectivity index (χ1) is 7.96. The normalized spacial score (nSPS) is 19.4. The fourth-order valence-electron chi connectivity index (χ4n) is 1.97. The maximum atomic E-state index is 11.5. The molecule has 3 heterocycles. The van der Waals surface area contributed by atoms with Crippen molar-refractivity contribution in [3.8, 4) is 0 Å². The lowest BCUT2D eigenvalue weighted by molar-refractivity contribution is 0.613. The number of aryl methyl sites for hydroxylation is 2. The van der Waals surface area contributed by atoms with E-state index < -0.39 is 9.84 Å². The number of aromatic nitrogens is 1. The van der Waals surface area contributed by atoms with Crippen LogP contribution in [0, 0.1) is 13.8 Å². The Morgan fingerprint density at radius 1 is 1.06 bits per heavy atom. The van der Waals surface area contributed by atoms with Crippen LogP contribution in [0.25, 0.3) is 0 Å². The predicted octanol–water partition coefficient (Wildman–Crippen LogP) is 1.65. The summed E-state index contributed by atoms with van der Waals surface area (Å²) in [7, 11) is -3.24. The molecular formula is C11H11N3O2S. The number of hydrogen-bond acceptors (Lipinski definition) is 5. The van der Waals surface area contributed by atoms with Gasteiger partial charge in [0.15, 0.2) is 9.84 Å². The van der Waals surface area contributed by atoms with Crippen molar-refractivity contribution in [2.75, 3.05) is 10.6 Å². The zero-order valence-electron chi connectivity index (χ0n) is 9.40. The summed E-state index contributed by atoms with van der Waals surface area (Å²) in [5.74, 6) is 0. The van der Waals surface area contributed by atoms with Crippen molar-refractivity contribution >= 4 is 21.2 Å². The molecule has 0 bridgehead atoms. The molecule has 0 fully saturated rings. The molecule has 0 aromatic carbocycles. The summed E-state index contributed by atoms with van der Waals surface area (Å²) in [4.78, 5) is 4.24. The molecule has 0 spiro atoms. The van der Waals surface area contributed by atoms with E-state index in [0.717, 1.165) is 22.6 Å². The van der Waals surface area contributed by atoms with Gasteiger partial charge in [-0.3, -0.25) is 4.98 Å². The van der Waals surface area contributed by atoms with Gasteiger partial charge in [-0.1, -0.05) is 0 Å². The highest BCUT2D eigenvalue weighted by Crippen LogP contribution is 2.38. The minimum absolute atomic E-state index is 0.577. The van der Waals surface area contributed by atoms with E-state index in [4.69, 9.17) is 0 Å². The Labute approximate surface area is 99.2 Å². The summed E-state index contributed by atoms with van der Waals surface area (Å²) in [5.41, 5.74) is 4.70. The SMILES string of the molecule is Cc1cnc(C)c2c1NC1=CS(=O)(=O)C=C1N2. The lowest BCUT2D eigenvalue weighted by Crippen LogP contribution is -2.17. The summed E-state index contributed by atoms with van der Waals surface area (Å²) in [5, 5.41) is 8.70. The van der Waals surface area contributed by atoms with E-state index in [-0.39, 0.29) is 0 Å². The fourth-order valence-corrected chi connectivity index (χ4v) is 3.06. The third-order valence-electron chi connectivity index (χ3n) is 2.83. The molecular weight excluding hydrogens is 238 g/mol. The van der Waals surface area contributed by atoms with E-state index in [1.807, 2.05) is 13.8 Å².